The molecule has 1 fully saturated rings. The molecule has 22 heavy (non-hydrogen) atoms. The maximum Gasteiger partial charge on any atom is 0.317 e. The van der Waals surface area contributed by atoms with Gasteiger partial charge in [-0.05, 0) is 44.4 Å². The highest BCUT2D eigenvalue weighted by Crippen LogP contribution is 2.29. The average molecular weight is 345 g/mol. The summed E-state index contributed by atoms with van der Waals surface area (Å²) in [6, 6.07) is 5.02. The fraction of sp³-hybridized carbons (Fsp3) is 0.562. The molecular formula is C16H22Cl2N2O2. The number of urea groups is 1. The van der Waals surface area contributed by atoms with Crippen molar-refractivity contribution in [3.8, 4) is 0 Å². The first-order valence-electron chi connectivity index (χ1n) is 7.50. The third kappa shape index (κ3) is 4.06. The van der Waals surface area contributed by atoms with Gasteiger partial charge in [0.05, 0.1) is 18.2 Å². The van der Waals surface area contributed by atoms with Gasteiger partial charge < -0.3 is 15.0 Å². The van der Waals surface area contributed by atoms with Crippen LogP contribution in [0, 0.1) is 0 Å². The molecule has 0 bridgehead atoms. The minimum absolute atomic E-state index is 0.00894. The molecule has 1 aliphatic rings. The molecule has 0 radical (unpaired) electrons. The smallest absolute Gasteiger partial charge is 0.317 e. The van der Waals surface area contributed by atoms with Crippen LogP contribution in [0.1, 0.15) is 38.3 Å². The minimum atomic E-state index is -0.151. The van der Waals surface area contributed by atoms with Gasteiger partial charge in [-0.1, -0.05) is 29.3 Å². The van der Waals surface area contributed by atoms with Gasteiger partial charge in [-0.15, -0.1) is 0 Å². The second-order valence-electron chi connectivity index (χ2n) is 5.74. The lowest BCUT2D eigenvalue weighted by molar-refractivity contribution is 0.0830. The van der Waals surface area contributed by atoms with E-state index in [1.807, 2.05) is 19.9 Å². The van der Waals surface area contributed by atoms with Crippen LogP contribution in [-0.2, 0) is 4.74 Å². The number of ether oxygens (including phenoxy) is 1. The molecule has 0 saturated carbocycles. The number of hydrogen-bond acceptors (Lipinski definition) is 2. The third-order valence-electron chi connectivity index (χ3n) is 4.19. The molecule has 0 aliphatic carbocycles. The Morgan fingerprint density at radius 2 is 2.14 bits per heavy atom. The van der Waals surface area contributed by atoms with Gasteiger partial charge in [0.25, 0.3) is 0 Å². The lowest BCUT2D eigenvalue weighted by atomic mass is 10.1. The van der Waals surface area contributed by atoms with E-state index < -0.39 is 0 Å². The molecule has 122 valence electrons. The molecular weight excluding hydrogens is 323 g/mol. The Kier molecular flexibility index (Phi) is 5.95. The Labute approximate surface area is 141 Å². The summed E-state index contributed by atoms with van der Waals surface area (Å²) in [4.78, 5) is 14.0. The van der Waals surface area contributed by atoms with Gasteiger partial charge in [-0.2, -0.15) is 0 Å². The molecule has 3 unspecified atom stereocenters. The predicted molar refractivity (Wildman–Crippen MR) is 89.6 cm³/mol. The first-order valence-corrected chi connectivity index (χ1v) is 8.25. The van der Waals surface area contributed by atoms with Crippen LogP contribution >= 0.6 is 23.2 Å². The van der Waals surface area contributed by atoms with E-state index in [1.165, 1.54) is 0 Å². The SMILES string of the molecule is CC(NC(=O)N(C)C(C)c1ccc(Cl)cc1Cl)C1CCCO1. The molecule has 1 N–H and O–H groups in total. The van der Waals surface area contributed by atoms with Gasteiger partial charge in [-0.25, -0.2) is 4.79 Å². The summed E-state index contributed by atoms with van der Waals surface area (Å²) in [5.74, 6) is 0. The molecule has 1 aromatic rings. The highest BCUT2D eigenvalue weighted by atomic mass is 35.5. The Bertz CT molecular complexity index is 533. The van der Waals surface area contributed by atoms with Crippen molar-refractivity contribution in [3.63, 3.8) is 0 Å². The molecule has 3 atom stereocenters. The summed E-state index contributed by atoms with van der Waals surface area (Å²) in [5, 5.41) is 4.14. The molecule has 1 aliphatic heterocycles. The lowest BCUT2D eigenvalue weighted by Crippen LogP contribution is -2.47. The van der Waals surface area contributed by atoms with Crippen molar-refractivity contribution in [3.05, 3.63) is 33.8 Å². The van der Waals surface area contributed by atoms with E-state index in [-0.39, 0.29) is 24.2 Å². The highest BCUT2D eigenvalue weighted by Gasteiger charge is 2.26. The molecule has 6 heteroatoms. The molecule has 0 aromatic heterocycles. The van der Waals surface area contributed by atoms with E-state index in [1.54, 1.807) is 24.1 Å². The van der Waals surface area contributed by atoms with Crippen molar-refractivity contribution in [1.82, 2.24) is 10.2 Å². The summed E-state index contributed by atoms with van der Waals surface area (Å²) in [6.45, 7) is 4.69. The maximum absolute atomic E-state index is 12.4. The molecule has 1 saturated heterocycles. The Morgan fingerprint density at radius 3 is 2.73 bits per heavy atom. The Hall–Kier alpha value is -0.970. The highest BCUT2D eigenvalue weighted by molar-refractivity contribution is 6.35. The quantitative estimate of drug-likeness (QED) is 0.886. The van der Waals surface area contributed by atoms with Crippen LogP contribution in [0.2, 0.25) is 10.0 Å². The van der Waals surface area contributed by atoms with Crippen LogP contribution in [0.4, 0.5) is 4.79 Å². The van der Waals surface area contributed by atoms with Crippen molar-refractivity contribution in [2.75, 3.05) is 13.7 Å². The van der Waals surface area contributed by atoms with Gasteiger partial charge in [0, 0.05) is 23.7 Å². The summed E-state index contributed by atoms with van der Waals surface area (Å²) in [7, 11) is 1.76. The number of halogens is 2. The molecule has 1 heterocycles. The van der Waals surface area contributed by atoms with Crippen LogP contribution in [0.3, 0.4) is 0 Å². The van der Waals surface area contributed by atoms with Gasteiger partial charge in [0.1, 0.15) is 0 Å². The van der Waals surface area contributed by atoms with Crippen LogP contribution in [0.25, 0.3) is 0 Å². The van der Waals surface area contributed by atoms with Crippen molar-refractivity contribution < 1.29 is 9.53 Å². The molecule has 2 rings (SSSR count). The molecule has 1 aromatic carbocycles. The zero-order chi connectivity index (χ0) is 16.3. The number of nitrogens with one attached hydrogen (secondary N) is 1. The van der Waals surface area contributed by atoms with Gasteiger partial charge >= 0.3 is 6.03 Å². The summed E-state index contributed by atoms with van der Waals surface area (Å²) in [6.07, 6.45) is 2.15. The van der Waals surface area contributed by atoms with Crippen molar-refractivity contribution >= 4 is 29.2 Å². The first kappa shape index (κ1) is 17.4. The fourth-order valence-corrected chi connectivity index (χ4v) is 3.18. The summed E-state index contributed by atoms with van der Waals surface area (Å²) < 4.78 is 5.60. The number of hydrogen-bond donors (Lipinski definition) is 1. The average Bonchev–Trinajstić information content (AvgIpc) is 3.00. The summed E-state index contributed by atoms with van der Waals surface area (Å²) in [5.41, 5.74) is 0.869. The second kappa shape index (κ2) is 7.53. The number of rotatable bonds is 4. The fourth-order valence-electron chi connectivity index (χ4n) is 2.61. The van der Waals surface area contributed by atoms with Gasteiger partial charge in [-0.3, -0.25) is 0 Å². The van der Waals surface area contributed by atoms with E-state index in [9.17, 15) is 4.79 Å². The monoisotopic (exact) mass is 344 g/mol. The van der Waals surface area contributed by atoms with Gasteiger partial charge in [0.2, 0.25) is 0 Å². The van der Waals surface area contributed by atoms with Gasteiger partial charge in [0.15, 0.2) is 0 Å². The zero-order valence-corrected chi connectivity index (χ0v) is 14.6. The maximum atomic E-state index is 12.4. The van der Waals surface area contributed by atoms with E-state index in [4.69, 9.17) is 27.9 Å². The Balaban J connectivity index is 1.99. The van der Waals surface area contributed by atoms with Crippen LogP contribution in [0.5, 0.6) is 0 Å². The number of nitrogens with zero attached hydrogens (tertiary/aromatic N) is 1. The number of amides is 2. The zero-order valence-electron chi connectivity index (χ0n) is 13.1. The first-order chi connectivity index (χ1) is 10.4. The molecule has 2 amide bonds. The molecule has 4 nitrogen and oxygen atoms in total. The largest absolute Gasteiger partial charge is 0.376 e. The van der Waals surface area contributed by atoms with E-state index in [2.05, 4.69) is 5.32 Å². The van der Waals surface area contributed by atoms with E-state index >= 15 is 0 Å². The van der Waals surface area contributed by atoms with Crippen molar-refractivity contribution in [2.24, 2.45) is 0 Å². The third-order valence-corrected chi connectivity index (χ3v) is 4.75. The van der Waals surface area contributed by atoms with Crippen LogP contribution in [-0.4, -0.2) is 36.7 Å². The van der Waals surface area contributed by atoms with Crippen LogP contribution < -0.4 is 5.32 Å². The van der Waals surface area contributed by atoms with Crippen molar-refractivity contribution in [2.45, 2.75) is 44.9 Å². The lowest BCUT2D eigenvalue weighted by Gasteiger charge is -2.29. The number of carbonyl (C=O) groups is 1. The standard InChI is InChI=1S/C16H22Cl2N2O2/c1-10(15-5-4-8-22-15)19-16(21)20(3)11(2)13-7-6-12(17)9-14(13)18/h6-7,9-11,15H,4-5,8H2,1-3H3,(H,19,21). The predicted octanol–water partition coefficient (Wildman–Crippen LogP) is 4.26. The van der Waals surface area contributed by atoms with E-state index in [0.717, 1.165) is 25.0 Å². The number of carbonyl (C=O) groups excluding carboxylic acids is 1. The Morgan fingerprint density at radius 1 is 1.41 bits per heavy atom. The summed E-state index contributed by atoms with van der Waals surface area (Å²) >= 11 is 12.1. The topological polar surface area (TPSA) is 41.6 Å². The normalized spacial score (nSPS) is 20.5. The minimum Gasteiger partial charge on any atom is -0.376 e. The number of benzene rings is 1. The second-order valence-corrected chi connectivity index (χ2v) is 6.59. The van der Waals surface area contributed by atoms with Crippen LogP contribution in [0.15, 0.2) is 18.2 Å². The van der Waals surface area contributed by atoms with Crippen molar-refractivity contribution in [1.29, 1.82) is 0 Å². The van der Waals surface area contributed by atoms with E-state index in [0.29, 0.717) is 10.0 Å². The molecule has 0 spiro atoms.